The standard InChI is InChI=1S/C21H28N4O2/c1-3-27-22-16-19-5-4-6-20(15-19)26-14-11-18-9-12-25(13-10-18)21-8-7-17(2)23-24-21/h4-8,15-16,18H,3,9-14H2,1-2H3/b22-16+. The quantitative estimate of drug-likeness (QED) is 0.523. The third-order valence-corrected chi connectivity index (χ3v) is 4.78. The Hall–Kier alpha value is -2.63. The van der Waals surface area contributed by atoms with Gasteiger partial charge in [0.05, 0.1) is 18.5 Å². The van der Waals surface area contributed by atoms with Crippen molar-refractivity contribution < 1.29 is 9.57 Å². The van der Waals surface area contributed by atoms with Crippen LogP contribution in [0.2, 0.25) is 0 Å². The number of benzene rings is 1. The maximum atomic E-state index is 5.94. The van der Waals surface area contributed by atoms with Crippen molar-refractivity contribution in [3.63, 3.8) is 0 Å². The van der Waals surface area contributed by atoms with Gasteiger partial charge in [-0.1, -0.05) is 17.3 Å². The van der Waals surface area contributed by atoms with Crippen LogP contribution >= 0.6 is 0 Å². The van der Waals surface area contributed by atoms with E-state index in [1.807, 2.05) is 44.2 Å². The first-order valence-corrected chi connectivity index (χ1v) is 9.68. The molecule has 1 aromatic heterocycles. The van der Waals surface area contributed by atoms with Crippen molar-refractivity contribution in [3.8, 4) is 5.75 Å². The fraction of sp³-hybridized carbons (Fsp3) is 0.476. The Morgan fingerprint density at radius 2 is 2.04 bits per heavy atom. The van der Waals surface area contributed by atoms with E-state index >= 15 is 0 Å². The highest BCUT2D eigenvalue weighted by molar-refractivity contribution is 5.79. The zero-order chi connectivity index (χ0) is 18.9. The van der Waals surface area contributed by atoms with E-state index in [1.165, 1.54) is 12.8 Å². The highest BCUT2D eigenvalue weighted by atomic mass is 16.6. The molecule has 144 valence electrons. The zero-order valence-electron chi connectivity index (χ0n) is 16.2. The predicted molar refractivity (Wildman–Crippen MR) is 107 cm³/mol. The van der Waals surface area contributed by atoms with E-state index in [1.54, 1.807) is 6.21 Å². The number of rotatable bonds is 8. The lowest BCUT2D eigenvalue weighted by Gasteiger charge is -2.32. The highest BCUT2D eigenvalue weighted by Gasteiger charge is 2.20. The van der Waals surface area contributed by atoms with Gasteiger partial charge in [-0.25, -0.2) is 0 Å². The van der Waals surface area contributed by atoms with Gasteiger partial charge in [-0.3, -0.25) is 0 Å². The SMILES string of the molecule is CCO/N=C/c1cccc(OCCC2CCN(c3ccc(C)nn3)CC2)c1. The van der Waals surface area contributed by atoms with Crippen molar-refractivity contribution in [1.82, 2.24) is 10.2 Å². The van der Waals surface area contributed by atoms with Crippen LogP contribution in [0.3, 0.4) is 0 Å². The second-order valence-electron chi connectivity index (χ2n) is 6.83. The number of aryl methyl sites for hydroxylation is 1. The van der Waals surface area contributed by atoms with Crippen molar-refractivity contribution in [3.05, 3.63) is 47.7 Å². The highest BCUT2D eigenvalue weighted by Crippen LogP contribution is 2.24. The minimum absolute atomic E-state index is 0.571. The van der Waals surface area contributed by atoms with Crippen LogP contribution in [0.25, 0.3) is 0 Å². The van der Waals surface area contributed by atoms with E-state index in [0.29, 0.717) is 12.5 Å². The first-order chi connectivity index (χ1) is 13.2. The average molecular weight is 368 g/mol. The van der Waals surface area contributed by atoms with Crippen LogP contribution in [0.4, 0.5) is 5.82 Å². The molecule has 1 aliphatic rings. The summed E-state index contributed by atoms with van der Waals surface area (Å²) in [6.07, 6.45) is 5.12. The van der Waals surface area contributed by atoms with Gasteiger partial charge in [-0.15, -0.1) is 5.10 Å². The first-order valence-electron chi connectivity index (χ1n) is 9.68. The average Bonchev–Trinajstić information content (AvgIpc) is 2.70. The smallest absolute Gasteiger partial charge is 0.151 e. The van der Waals surface area contributed by atoms with E-state index in [0.717, 1.165) is 48.9 Å². The van der Waals surface area contributed by atoms with Crippen molar-refractivity contribution in [1.29, 1.82) is 0 Å². The van der Waals surface area contributed by atoms with E-state index in [4.69, 9.17) is 9.57 Å². The summed E-state index contributed by atoms with van der Waals surface area (Å²) in [5, 5.41) is 12.4. The van der Waals surface area contributed by atoms with Gasteiger partial charge < -0.3 is 14.5 Å². The molecule has 0 aliphatic carbocycles. The molecule has 6 nitrogen and oxygen atoms in total. The first kappa shape index (κ1) is 19.1. The van der Waals surface area contributed by atoms with Gasteiger partial charge in [0.2, 0.25) is 0 Å². The van der Waals surface area contributed by atoms with E-state index in [-0.39, 0.29) is 0 Å². The lowest BCUT2D eigenvalue weighted by Crippen LogP contribution is -2.34. The molecule has 0 unspecified atom stereocenters. The van der Waals surface area contributed by atoms with Crippen molar-refractivity contribution in [2.45, 2.75) is 33.1 Å². The largest absolute Gasteiger partial charge is 0.494 e. The fourth-order valence-electron chi connectivity index (χ4n) is 3.21. The van der Waals surface area contributed by atoms with Gasteiger partial charge in [-0.05, 0) is 68.9 Å². The Morgan fingerprint density at radius 1 is 1.19 bits per heavy atom. The molecule has 0 saturated carbocycles. The monoisotopic (exact) mass is 368 g/mol. The summed E-state index contributed by atoms with van der Waals surface area (Å²) in [5.41, 5.74) is 1.94. The molecule has 1 aromatic carbocycles. The van der Waals surface area contributed by atoms with Crippen LogP contribution < -0.4 is 9.64 Å². The minimum atomic E-state index is 0.571. The maximum Gasteiger partial charge on any atom is 0.151 e. The number of hydrogen-bond donors (Lipinski definition) is 0. The summed E-state index contributed by atoms with van der Waals surface area (Å²) in [4.78, 5) is 7.32. The molecule has 2 heterocycles. The number of piperidine rings is 1. The van der Waals surface area contributed by atoms with Crippen molar-refractivity contribution >= 4 is 12.0 Å². The second-order valence-corrected chi connectivity index (χ2v) is 6.83. The molecule has 0 spiro atoms. The Kier molecular flexibility index (Phi) is 7.02. The fourth-order valence-corrected chi connectivity index (χ4v) is 3.21. The topological polar surface area (TPSA) is 59.8 Å². The van der Waals surface area contributed by atoms with Gasteiger partial charge in [0.1, 0.15) is 12.4 Å². The third-order valence-electron chi connectivity index (χ3n) is 4.78. The Morgan fingerprint density at radius 3 is 2.78 bits per heavy atom. The molecule has 27 heavy (non-hydrogen) atoms. The molecule has 0 radical (unpaired) electrons. The van der Waals surface area contributed by atoms with Crippen LogP contribution in [0.1, 0.15) is 37.4 Å². The number of oxime groups is 1. The lowest BCUT2D eigenvalue weighted by atomic mass is 9.94. The maximum absolute atomic E-state index is 5.94. The molecule has 6 heteroatoms. The number of hydrogen-bond acceptors (Lipinski definition) is 6. The molecule has 2 aromatic rings. The Balaban J connectivity index is 1.40. The minimum Gasteiger partial charge on any atom is -0.494 e. The summed E-state index contributed by atoms with van der Waals surface area (Å²) in [7, 11) is 0. The molecule has 0 bridgehead atoms. The lowest BCUT2D eigenvalue weighted by molar-refractivity contribution is 0.160. The van der Waals surface area contributed by atoms with Crippen LogP contribution in [-0.2, 0) is 4.84 Å². The molecular weight excluding hydrogens is 340 g/mol. The van der Waals surface area contributed by atoms with Crippen molar-refractivity contribution in [2.24, 2.45) is 11.1 Å². The Bertz CT molecular complexity index is 725. The summed E-state index contributed by atoms with van der Waals surface area (Å²) >= 11 is 0. The molecular formula is C21H28N4O2. The number of ether oxygens (including phenoxy) is 1. The van der Waals surface area contributed by atoms with Gasteiger partial charge in [0.15, 0.2) is 5.82 Å². The van der Waals surface area contributed by atoms with Crippen molar-refractivity contribution in [2.75, 3.05) is 31.2 Å². The van der Waals surface area contributed by atoms with E-state index < -0.39 is 0 Å². The van der Waals surface area contributed by atoms with E-state index in [2.05, 4.69) is 26.3 Å². The van der Waals surface area contributed by atoms with Gasteiger partial charge in [0.25, 0.3) is 0 Å². The number of nitrogens with zero attached hydrogens (tertiary/aromatic N) is 4. The summed E-state index contributed by atoms with van der Waals surface area (Å²) in [6.45, 7) is 7.25. The summed E-state index contributed by atoms with van der Waals surface area (Å²) in [6, 6.07) is 12.0. The molecule has 0 atom stereocenters. The summed E-state index contributed by atoms with van der Waals surface area (Å²) in [5.74, 6) is 2.56. The van der Waals surface area contributed by atoms with Crippen LogP contribution in [0.15, 0.2) is 41.6 Å². The molecule has 1 fully saturated rings. The Labute approximate surface area is 161 Å². The molecule has 3 rings (SSSR count). The van der Waals surface area contributed by atoms with E-state index in [9.17, 15) is 0 Å². The number of anilines is 1. The molecule has 0 amide bonds. The number of aromatic nitrogens is 2. The second kappa shape index (κ2) is 9.90. The normalized spacial score (nSPS) is 15.3. The summed E-state index contributed by atoms with van der Waals surface area (Å²) < 4.78 is 5.94. The predicted octanol–water partition coefficient (Wildman–Crippen LogP) is 3.84. The van der Waals surface area contributed by atoms with Gasteiger partial charge in [0, 0.05) is 13.1 Å². The van der Waals surface area contributed by atoms with Gasteiger partial charge in [-0.2, -0.15) is 5.10 Å². The molecule has 1 saturated heterocycles. The zero-order valence-corrected chi connectivity index (χ0v) is 16.2. The molecule has 0 N–H and O–H groups in total. The third kappa shape index (κ3) is 5.94. The van der Waals surface area contributed by atoms with Crippen LogP contribution in [-0.4, -0.2) is 42.7 Å². The molecule has 1 aliphatic heterocycles. The van der Waals surface area contributed by atoms with Crippen LogP contribution in [0.5, 0.6) is 5.75 Å². The van der Waals surface area contributed by atoms with Gasteiger partial charge >= 0.3 is 0 Å². The van der Waals surface area contributed by atoms with Crippen LogP contribution in [0, 0.1) is 12.8 Å².